The maximum Gasteiger partial charge on any atom is 0.418 e. The number of ether oxygens (including phenoxy) is 1. The summed E-state index contributed by atoms with van der Waals surface area (Å²) in [5.74, 6) is -1.99. The van der Waals surface area contributed by atoms with Crippen LogP contribution in [0, 0.1) is 5.95 Å². The predicted molar refractivity (Wildman–Crippen MR) is 102 cm³/mol. The van der Waals surface area contributed by atoms with Gasteiger partial charge in [0.15, 0.2) is 5.03 Å². The molecule has 0 saturated carbocycles. The number of methoxy groups -OCH3 is 1. The summed E-state index contributed by atoms with van der Waals surface area (Å²) in [7, 11) is -3.38. The van der Waals surface area contributed by atoms with E-state index in [2.05, 4.69) is 9.97 Å². The number of sulfonamides is 1. The summed E-state index contributed by atoms with van der Waals surface area (Å²) in [6.45, 7) is -0.640. The summed E-state index contributed by atoms with van der Waals surface area (Å²) < 4.78 is 85.5. The number of benzene rings is 1. The molecule has 0 amide bonds. The normalized spacial score (nSPS) is 12.0. The number of aromatic hydroxyl groups is 1. The molecule has 0 fully saturated rings. The molecule has 0 aliphatic rings. The fourth-order valence-corrected chi connectivity index (χ4v) is 3.99. The molecule has 164 valence electrons. The van der Waals surface area contributed by atoms with Gasteiger partial charge in [0.1, 0.15) is 18.3 Å². The maximum atomic E-state index is 13.6. The topological polar surface area (TPSA) is 92.6 Å². The van der Waals surface area contributed by atoms with Crippen LogP contribution in [0.3, 0.4) is 0 Å². The smallest absolute Gasteiger partial charge is 0.418 e. The van der Waals surface area contributed by atoms with Crippen LogP contribution in [0.15, 0.2) is 59.6 Å². The Balaban J connectivity index is 2.22. The number of pyridine rings is 2. The molecule has 2 heterocycles. The number of halogens is 4. The van der Waals surface area contributed by atoms with Crippen molar-refractivity contribution in [3.05, 3.63) is 66.1 Å². The van der Waals surface area contributed by atoms with Crippen molar-refractivity contribution in [1.82, 2.24) is 9.97 Å². The van der Waals surface area contributed by atoms with E-state index in [9.17, 15) is 31.1 Å². The fourth-order valence-electron chi connectivity index (χ4n) is 2.72. The first-order valence-corrected chi connectivity index (χ1v) is 10.0. The van der Waals surface area contributed by atoms with Gasteiger partial charge in [0.25, 0.3) is 10.0 Å². The molecule has 0 radical (unpaired) electrons. The van der Waals surface area contributed by atoms with Crippen LogP contribution >= 0.6 is 0 Å². The van der Waals surface area contributed by atoms with Crippen molar-refractivity contribution in [1.29, 1.82) is 0 Å². The molecule has 3 rings (SSSR count). The van der Waals surface area contributed by atoms with E-state index in [-0.39, 0.29) is 5.56 Å². The van der Waals surface area contributed by atoms with Gasteiger partial charge in [0.2, 0.25) is 5.95 Å². The van der Waals surface area contributed by atoms with Gasteiger partial charge in [0.05, 0.1) is 11.3 Å². The molecule has 31 heavy (non-hydrogen) atoms. The van der Waals surface area contributed by atoms with Crippen LogP contribution in [0.1, 0.15) is 5.56 Å². The minimum atomic E-state index is -4.84. The predicted octanol–water partition coefficient (Wildman–Crippen LogP) is 3.81. The number of phenolic OH excluding ortho intramolecular Hbond substituents is 1. The molecule has 0 spiro atoms. The van der Waals surface area contributed by atoms with Gasteiger partial charge in [-0.1, -0.05) is 18.2 Å². The van der Waals surface area contributed by atoms with E-state index < -0.39 is 56.7 Å². The third kappa shape index (κ3) is 4.59. The van der Waals surface area contributed by atoms with Crippen molar-refractivity contribution in [2.24, 2.45) is 0 Å². The Morgan fingerprint density at radius 2 is 1.74 bits per heavy atom. The third-order valence-electron chi connectivity index (χ3n) is 4.09. The van der Waals surface area contributed by atoms with Crippen molar-refractivity contribution in [3.63, 3.8) is 0 Å². The molecular weight excluding hydrogens is 442 g/mol. The van der Waals surface area contributed by atoms with E-state index in [4.69, 9.17) is 4.74 Å². The number of phenols is 1. The summed E-state index contributed by atoms with van der Waals surface area (Å²) >= 11 is 0. The number of aromatic nitrogens is 2. The number of nitrogens with zero attached hydrogens (tertiary/aromatic N) is 3. The van der Waals surface area contributed by atoms with E-state index in [0.717, 1.165) is 31.4 Å². The molecule has 0 unspecified atom stereocenters. The van der Waals surface area contributed by atoms with Crippen molar-refractivity contribution in [2.75, 3.05) is 18.1 Å². The second kappa shape index (κ2) is 8.47. The second-order valence-corrected chi connectivity index (χ2v) is 7.96. The zero-order chi connectivity index (χ0) is 22.8. The van der Waals surface area contributed by atoms with Crippen molar-refractivity contribution in [2.45, 2.75) is 11.2 Å². The van der Waals surface area contributed by atoms with Crippen LogP contribution < -0.4 is 4.31 Å². The number of hydrogen-bond donors (Lipinski definition) is 1. The zero-order valence-electron chi connectivity index (χ0n) is 15.8. The molecule has 2 aromatic heterocycles. The van der Waals surface area contributed by atoms with Gasteiger partial charge in [0, 0.05) is 12.7 Å². The van der Waals surface area contributed by atoms with Crippen molar-refractivity contribution in [3.8, 4) is 17.0 Å². The van der Waals surface area contributed by atoms with Crippen LogP contribution in [-0.2, 0) is 20.9 Å². The highest BCUT2D eigenvalue weighted by Crippen LogP contribution is 2.40. The largest absolute Gasteiger partial charge is 0.507 e. The monoisotopic (exact) mass is 457 g/mol. The maximum absolute atomic E-state index is 13.6. The average molecular weight is 457 g/mol. The van der Waals surface area contributed by atoms with Gasteiger partial charge < -0.3 is 9.84 Å². The molecule has 1 N–H and O–H groups in total. The van der Waals surface area contributed by atoms with Crippen molar-refractivity contribution < 1.29 is 35.8 Å². The van der Waals surface area contributed by atoms with Gasteiger partial charge >= 0.3 is 6.18 Å². The Morgan fingerprint density at radius 1 is 1.03 bits per heavy atom. The summed E-state index contributed by atoms with van der Waals surface area (Å²) in [4.78, 5) is 7.19. The molecule has 1 aromatic carbocycles. The van der Waals surface area contributed by atoms with Crippen LogP contribution in [0.25, 0.3) is 11.3 Å². The molecule has 0 saturated heterocycles. The SMILES string of the molecule is COCN(c1ccc(C(F)(F)F)c(-c2ccccc2O)n1)S(=O)(=O)c1cccc(F)n1. The number of hydrogen-bond acceptors (Lipinski definition) is 6. The molecule has 7 nitrogen and oxygen atoms in total. The summed E-state index contributed by atoms with van der Waals surface area (Å²) in [5.41, 5.74) is -2.13. The fraction of sp³-hybridized carbons (Fsp3) is 0.158. The van der Waals surface area contributed by atoms with Crippen LogP contribution in [-0.4, -0.2) is 37.3 Å². The standard InChI is InChI=1S/C19H15F4N3O4S/c1-30-11-26(31(28,29)17-8-4-7-15(20)24-17)16-10-9-13(19(21,22)23)18(25-16)12-5-2-3-6-14(12)27/h2-10,27H,11H2,1H3. The zero-order valence-corrected chi connectivity index (χ0v) is 16.7. The summed E-state index contributed by atoms with van der Waals surface area (Å²) in [6, 6.07) is 9.74. The Bertz CT molecular complexity index is 1200. The highest BCUT2D eigenvalue weighted by atomic mass is 32.2. The lowest BCUT2D eigenvalue weighted by Crippen LogP contribution is -2.34. The van der Waals surface area contributed by atoms with E-state index in [1.54, 1.807) is 0 Å². The number of alkyl halides is 3. The molecule has 12 heteroatoms. The summed E-state index contributed by atoms with van der Waals surface area (Å²) in [6.07, 6.45) is -4.84. The number of anilines is 1. The first-order valence-electron chi connectivity index (χ1n) is 8.56. The van der Waals surface area contributed by atoms with Gasteiger partial charge in [-0.2, -0.15) is 26.0 Å². The minimum Gasteiger partial charge on any atom is -0.507 e. The first-order chi connectivity index (χ1) is 14.6. The highest BCUT2D eigenvalue weighted by molar-refractivity contribution is 7.92. The van der Waals surface area contributed by atoms with Gasteiger partial charge in [-0.3, -0.25) is 0 Å². The Hall–Kier alpha value is -3.25. The van der Waals surface area contributed by atoms with Crippen LogP contribution in [0.5, 0.6) is 5.75 Å². The van der Waals surface area contributed by atoms with Gasteiger partial charge in [-0.15, -0.1) is 0 Å². The van der Waals surface area contributed by atoms with E-state index in [1.807, 2.05) is 0 Å². The van der Waals surface area contributed by atoms with Gasteiger partial charge in [-0.05, 0) is 36.4 Å². The molecule has 0 aliphatic carbocycles. The number of rotatable bonds is 6. The van der Waals surface area contributed by atoms with Crippen LogP contribution in [0.2, 0.25) is 0 Å². The minimum absolute atomic E-state index is 0.254. The average Bonchev–Trinajstić information content (AvgIpc) is 2.71. The van der Waals surface area contributed by atoms with E-state index in [0.29, 0.717) is 10.4 Å². The van der Waals surface area contributed by atoms with E-state index in [1.165, 1.54) is 24.3 Å². The Labute approximate surface area is 174 Å². The van der Waals surface area contributed by atoms with E-state index >= 15 is 0 Å². The lowest BCUT2D eigenvalue weighted by molar-refractivity contribution is -0.137. The van der Waals surface area contributed by atoms with Crippen LogP contribution in [0.4, 0.5) is 23.4 Å². The summed E-state index contributed by atoms with van der Waals surface area (Å²) in [5, 5.41) is 9.35. The Kier molecular flexibility index (Phi) is 6.13. The quantitative estimate of drug-likeness (QED) is 0.344. The Morgan fingerprint density at radius 3 is 2.35 bits per heavy atom. The lowest BCUT2D eigenvalue weighted by Gasteiger charge is -2.23. The third-order valence-corrected chi connectivity index (χ3v) is 5.72. The molecule has 3 aromatic rings. The van der Waals surface area contributed by atoms with Gasteiger partial charge in [-0.25, -0.2) is 14.3 Å². The molecular formula is C19H15F4N3O4S. The molecule has 0 aliphatic heterocycles. The second-order valence-electron chi connectivity index (χ2n) is 6.15. The lowest BCUT2D eigenvalue weighted by atomic mass is 10.0. The number of para-hydroxylation sites is 1. The van der Waals surface area contributed by atoms with Crippen molar-refractivity contribution >= 4 is 15.8 Å². The highest BCUT2D eigenvalue weighted by Gasteiger charge is 2.37. The molecule has 0 bridgehead atoms. The first kappa shape index (κ1) is 22.4. The molecule has 0 atom stereocenters.